The minimum Gasteiger partial charge on any atom is -0.491 e. The molecule has 4 aliphatic rings. The molecule has 8 rings (SSSR count). The Morgan fingerprint density at radius 2 is 1.54 bits per heavy atom. The van der Waals surface area contributed by atoms with Gasteiger partial charge in [0.25, 0.3) is 0 Å². The number of ether oxygens (including phenoxy) is 2. The van der Waals surface area contributed by atoms with Crippen LogP contribution in [0.3, 0.4) is 0 Å². The highest BCUT2D eigenvalue weighted by atomic mass is 16.6. The minimum absolute atomic E-state index is 0.0973. The molecule has 2 saturated heterocycles. The van der Waals surface area contributed by atoms with Crippen LogP contribution in [0.15, 0.2) is 103 Å². The lowest BCUT2D eigenvalue weighted by atomic mass is 9.65. The first-order chi connectivity index (χ1) is 26.2. The molecule has 3 fully saturated rings. The highest BCUT2D eigenvalue weighted by Gasteiger charge is 2.73. The molecule has 2 amide bonds. The Bertz CT molecular complexity index is 2100. The van der Waals surface area contributed by atoms with Gasteiger partial charge >= 0.3 is 5.97 Å². The summed E-state index contributed by atoms with van der Waals surface area (Å²) in [5, 5.41) is 23.8. The summed E-state index contributed by atoms with van der Waals surface area (Å²) in [5.41, 5.74) is 7.31. The van der Waals surface area contributed by atoms with Gasteiger partial charge in [-0.3, -0.25) is 19.3 Å². The van der Waals surface area contributed by atoms with Gasteiger partial charge in [-0.25, -0.2) is 0 Å². The highest BCUT2D eigenvalue weighted by molar-refractivity contribution is 6.12. The van der Waals surface area contributed by atoms with Crippen molar-refractivity contribution in [1.29, 1.82) is 0 Å². The van der Waals surface area contributed by atoms with E-state index in [1.807, 2.05) is 77.7 Å². The van der Waals surface area contributed by atoms with Crippen LogP contribution in [-0.2, 0) is 24.5 Å². The van der Waals surface area contributed by atoms with E-state index in [9.17, 15) is 24.6 Å². The number of benzene rings is 4. The summed E-state index contributed by atoms with van der Waals surface area (Å²) in [5.74, 6) is 3.55. The number of rotatable bonds is 7. The van der Waals surface area contributed by atoms with E-state index in [0.29, 0.717) is 41.0 Å². The maximum atomic E-state index is 15.0. The Morgan fingerprint density at radius 3 is 2.19 bits per heavy atom. The molecule has 10 heteroatoms. The van der Waals surface area contributed by atoms with E-state index >= 15 is 0 Å². The Balaban J connectivity index is 1.36. The van der Waals surface area contributed by atoms with E-state index in [4.69, 9.17) is 15.2 Å². The minimum atomic E-state index is -1.70. The zero-order valence-electron chi connectivity index (χ0n) is 29.8. The zero-order chi connectivity index (χ0) is 37.5. The number of primary amides is 1. The van der Waals surface area contributed by atoms with E-state index in [2.05, 4.69) is 17.2 Å². The number of fused-ring (bicyclic) bond motifs is 3. The fraction of sp³-hybridized carbons (Fsp3) is 0.341. The number of carbonyl (C=O) groups is 3. The largest absolute Gasteiger partial charge is 0.491 e. The van der Waals surface area contributed by atoms with E-state index in [1.165, 1.54) is 0 Å². The van der Waals surface area contributed by atoms with Crippen molar-refractivity contribution in [2.45, 2.75) is 73.8 Å². The summed E-state index contributed by atoms with van der Waals surface area (Å²) in [4.78, 5) is 45.6. The molecule has 0 unspecified atom stereocenters. The normalized spacial score (nSPS) is 27.1. The number of hydrogen-bond donors (Lipinski definition) is 4. The third-order valence-corrected chi connectivity index (χ3v) is 11.5. The maximum absolute atomic E-state index is 15.0. The number of aliphatic hydroxyl groups excluding tert-OH is 1. The Morgan fingerprint density at radius 1 is 0.870 bits per heavy atom. The summed E-state index contributed by atoms with van der Waals surface area (Å²) in [6.45, 7) is -0.0649. The second kappa shape index (κ2) is 14.4. The van der Waals surface area contributed by atoms with Crippen molar-refractivity contribution in [1.82, 2.24) is 4.90 Å². The lowest BCUT2D eigenvalue weighted by Crippen LogP contribution is -2.53. The highest BCUT2D eigenvalue weighted by Crippen LogP contribution is 2.64. The quantitative estimate of drug-likeness (QED) is 0.115. The molecule has 4 aromatic carbocycles. The Kier molecular flexibility index (Phi) is 9.48. The molecule has 3 aliphatic heterocycles. The fourth-order valence-electron chi connectivity index (χ4n) is 9.24. The molecular formula is C44H43N3O7. The van der Waals surface area contributed by atoms with Gasteiger partial charge in [0.2, 0.25) is 11.8 Å². The number of amides is 2. The van der Waals surface area contributed by atoms with Crippen LogP contribution in [-0.4, -0.2) is 57.8 Å². The number of carbonyl (C=O) groups excluding carboxylic acids is 3. The molecular weight excluding hydrogens is 682 g/mol. The maximum Gasteiger partial charge on any atom is 0.324 e. The van der Waals surface area contributed by atoms with E-state index < -0.39 is 58.9 Å². The second-order valence-corrected chi connectivity index (χ2v) is 14.7. The van der Waals surface area contributed by atoms with E-state index in [-0.39, 0.29) is 13.2 Å². The second-order valence-electron chi connectivity index (χ2n) is 14.7. The summed E-state index contributed by atoms with van der Waals surface area (Å²) >= 11 is 0. The van der Waals surface area contributed by atoms with Gasteiger partial charge in [0.05, 0.1) is 24.6 Å². The van der Waals surface area contributed by atoms with Gasteiger partial charge in [-0.2, -0.15) is 0 Å². The number of morpholine rings is 1. The molecule has 1 aliphatic carbocycles. The summed E-state index contributed by atoms with van der Waals surface area (Å²) < 4.78 is 12.0. The smallest absolute Gasteiger partial charge is 0.324 e. The average molecular weight is 726 g/mol. The molecule has 54 heavy (non-hydrogen) atoms. The molecule has 5 N–H and O–H groups in total. The first kappa shape index (κ1) is 35.6. The van der Waals surface area contributed by atoms with Gasteiger partial charge in [-0.05, 0) is 78.3 Å². The number of nitrogens with two attached hydrogens (primary N) is 1. The van der Waals surface area contributed by atoms with E-state index in [1.54, 1.807) is 30.3 Å². The lowest BCUT2D eigenvalue weighted by molar-refractivity contribution is -0.178. The topological polar surface area (TPSA) is 151 Å². The molecule has 276 valence electrons. The lowest BCUT2D eigenvalue weighted by Gasteiger charge is -2.46. The summed E-state index contributed by atoms with van der Waals surface area (Å²) in [7, 11) is 0. The molecule has 1 spiro atoms. The molecule has 0 radical (unpaired) electrons. The SMILES string of the molecule is NC(=O)[C@@H]1[C@H]2C(=O)O[C@H](c3ccccc3)[C@H](c3ccccc3)N2[C@H](c2ccc(OCCO)cc2)[C@@]12C(=O)Nc1ccc(C#CC3(O)CCCCCC3)cc12. The van der Waals surface area contributed by atoms with Gasteiger partial charge in [0, 0.05) is 11.3 Å². The summed E-state index contributed by atoms with van der Waals surface area (Å²) in [6.07, 6.45) is 4.27. The van der Waals surface area contributed by atoms with Crippen LogP contribution in [0, 0.1) is 17.8 Å². The van der Waals surface area contributed by atoms with Crippen LogP contribution in [0.2, 0.25) is 0 Å². The number of anilines is 1. The van der Waals surface area contributed by atoms with Crippen LogP contribution in [0.4, 0.5) is 5.69 Å². The first-order valence-corrected chi connectivity index (χ1v) is 18.7. The van der Waals surface area contributed by atoms with Crippen LogP contribution in [0.25, 0.3) is 0 Å². The van der Waals surface area contributed by atoms with Crippen molar-refractivity contribution in [2.24, 2.45) is 11.7 Å². The monoisotopic (exact) mass is 725 g/mol. The van der Waals surface area contributed by atoms with Gasteiger partial charge in [0.15, 0.2) is 0 Å². The van der Waals surface area contributed by atoms with Crippen molar-refractivity contribution in [3.8, 4) is 17.6 Å². The summed E-state index contributed by atoms with van der Waals surface area (Å²) in [6, 6.07) is 28.8. The molecule has 10 nitrogen and oxygen atoms in total. The molecule has 4 aromatic rings. The predicted molar refractivity (Wildman–Crippen MR) is 201 cm³/mol. The molecule has 6 atom stereocenters. The number of esters is 1. The van der Waals surface area contributed by atoms with Crippen molar-refractivity contribution >= 4 is 23.5 Å². The third-order valence-electron chi connectivity index (χ3n) is 11.5. The van der Waals surface area contributed by atoms with Crippen molar-refractivity contribution < 1.29 is 34.1 Å². The zero-order valence-corrected chi connectivity index (χ0v) is 29.8. The van der Waals surface area contributed by atoms with Crippen molar-refractivity contribution in [3.05, 3.63) is 131 Å². The van der Waals surface area contributed by atoms with Crippen LogP contribution < -0.4 is 15.8 Å². The molecule has 0 bridgehead atoms. The average Bonchev–Trinajstić information content (AvgIpc) is 3.56. The van der Waals surface area contributed by atoms with Crippen LogP contribution in [0.5, 0.6) is 5.75 Å². The first-order valence-electron chi connectivity index (χ1n) is 18.7. The number of nitrogens with zero attached hydrogens (tertiary/aromatic N) is 1. The number of hydrogen-bond acceptors (Lipinski definition) is 8. The van der Waals surface area contributed by atoms with Gasteiger partial charge in [-0.1, -0.05) is 97.5 Å². The van der Waals surface area contributed by atoms with E-state index in [0.717, 1.165) is 36.8 Å². The number of cyclic esters (lactones) is 1. The van der Waals surface area contributed by atoms with Crippen LogP contribution >= 0.6 is 0 Å². The van der Waals surface area contributed by atoms with Crippen LogP contribution in [0.1, 0.15) is 84.5 Å². The molecule has 1 saturated carbocycles. The van der Waals surface area contributed by atoms with Gasteiger partial charge in [-0.15, -0.1) is 0 Å². The Labute approximate surface area is 314 Å². The number of nitrogens with one attached hydrogen (secondary N) is 1. The van der Waals surface area contributed by atoms with Crippen molar-refractivity contribution in [2.75, 3.05) is 18.5 Å². The predicted octanol–water partition coefficient (Wildman–Crippen LogP) is 5.25. The standard InChI is InChI=1S/C44H43N3O7/c45-40(49)35-37-41(50)54-38(30-13-7-4-8-14-30)36(29-11-5-3-6-12-29)47(37)39(31-16-18-32(19-17-31)53-26-25-48)44(35)33-27-28(15-20-34(33)46-42(44)51)21-24-43(52)22-9-1-2-10-23-43/h3-8,11-20,27,35-39,48,52H,1-2,9-10,22-23,25-26H2,(H2,45,49)(H,46,51)/t35-,36-,37-,38+,39+,44-/m0/s1. The number of aliphatic hydroxyl groups is 2. The molecule has 0 aromatic heterocycles. The third kappa shape index (κ3) is 6.02. The fourth-order valence-corrected chi connectivity index (χ4v) is 9.24. The van der Waals surface area contributed by atoms with Gasteiger partial charge < -0.3 is 30.7 Å². The van der Waals surface area contributed by atoms with Gasteiger partial charge in [0.1, 0.15) is 35.5 Å². The Hall–Kier alpha value is -5.47. The molecule has 3 heterocycles. The van der Waals surface area contributed by atoms with Crippen molar-refractivity contribution in [3.63, 3.8) is 0 Å².